The molecule has 0 fully saturated rings. The number of nitrogens with zero attached hydrogens (tertiary/aromatic N) is 1. The van der Waals surface area contributed by atoms with Crippen molar-refractivity contribution in [2.75, 3.05) is 6.54 Å². The minimum absolute atomic E-state index is 0.752. The maximum Gasteiger partial charge on any atom is 0.0750 e. The highest BCUT2D eigenvalue weighted by molar-refractivity contribution is 6.06. The first-order chi connectivity index (χ1) is 8.93. The standard InChI is InChI=1S/C16H12N2/c1-2-7-13-12(6-1)15-14(18-13)9-8-11-5-3-4-10-17-16(11)15/h1-9,18H,10H2. The van der Waals surface area contributed by atoms with E-state index in [9.17, 15) is 0 Å². The third kappa shape index (κ3) is 1.26. The van der Waals surface area contributed by atoms with E-state index >= 15 is 0 Å². The number of rotatable bonds is 0. The molecule has 18 heavy (non-hydrogen) atoms. The van der Waals surface area contributed by atoms with Crippen LogP contribution in [0.4, 0.5) is 0 Å². The van der Waals surface area contributed by atoms with Crippen LogP contribution in [0.3, 0.4) is 0 Å². The largest absolute Gasteiger partial charge is 0.354 e. The number of aromatic amines is 1. The van der Waals surface area contributed by atoms with Crippen molar-refractivity contribution in [2.45, 2.75) is 0 Å². The molecule has 0 saturated heterocycles. The predicted molar refractivity (Wildman–Crippen MR) is 75.1 cm³/mol. The Morgan fingerprint density at radius 1 is 1.00 bits per heavy atom. The van der Waals surface area contributed by atoms with Crippen molar-refractivity contribution in [1.82, 2.24) is 4.98 Å². The van der Waals surface area contributed by atoms with Gasteiger partial charge in [0.1, 0.15) is 0 Å². The Morgan fingerprint density at radius 3 is 2.94 bits per heavy atom. The molecular formula is C16H12N2. The van der Waals surface area contributed by atoms with E-state index in [1.807, 2.05) is 0 Å². The minimum Gasteiger partial charge on any atom is -0.354 e. The van der Waals surface area contributed by atoms with Crippen molar-refractivity contribution in [3.8, 4) is 0 Å². The van der Waals surface area contributed by atoms with Crippen LogP contribution < -0.4 is 10.6 Å². The Kier molecular flexibility index (Phi) is 1.92. The average molecular weight is 232 g/mol. The zero-order valence-electron chi connectivity index (χ0n) is 9.85. The summed E-state index contributed by atoms with van der Waals surface area (Å²) in [5.74, 6) is 0. The Balaban J connectivity index is 2.34. The topological polar surface area (TPSA) is 28.1 Å². The van der Waals surface area contributed by atoms with Crippen LogP contribution >= 0.6 is 0 Å². The summed E-state index contributed by atoms with van der Waals surface area (Å²) >= 11 is 0. The molecule has 0 atom stereocenters. The predicted octanol–water partition coefficient (Wildman–Crippen LogP) is 2.29. The highest BCUT2D eigenvalue weighted by Gasteiger charge is 2.06. The fourth-order valence-corrected chi connectivity index (χ4v) is 2.62. The normalized spacial score (nSPS) is 14.0. The molecule has 0 aliphatic carbocycles. The maximum atomic E-state index is 4.70. The van der Waals surface area contributed by atoms with Gasteiger partial charge in [-0.1, -0.05) is 42.5 Å². The van der Waals surface area contributed by atoms with Crippen molar-refractivity contribution < 1.29 is 0 Å². The molecule has 2 heterocycles. The van der Waals surface area contributed by atoms with E-state index in [0.717, 1.165) is 17.4 Å². The lowest BCUT2D eigenvalue weighted by Crippen LogP contribution is -2.24. The molecule has 2 nitrogen and oxygen atoms in total. The third-order valence-corrected chi connectivity index (χ3v) is 3.44. The number of nitrogens with one attached hydrogen (secondary N) is 1. The van der Waals surface area contributed by atoms with Crippen LogP contribution in [-0.2, 0) is 0 Å². The number of para-hydroxylation sites is 1. The molecule has 3 aromatic rings. The summed E-state index contributed by atoms with van der Waals surface area (Å²) in [5, 5.41) is 4.79. The van der Waals surface area contributed by atoms with Gasteiger partial charge >= 0.3 is 0 Å². The number of aromatic nitrogens is 1. The molecule has 0 unspecified atom stereocenters. The molecule has 0 amide bonds. The number of allylic oxidation sites excluding steroid dienone is 1. The average Bonchev–Trinajstić information content (AvgIpc) is 2.61. The van der Waals surface area contributed by atoms with Crippen LogP contribution in [-0.4, -0.2) is 11.5 Å². The van der Waals surface area contributed by atoms with Crippen molar-refractivity contribution in [1.29, 1.82) is 0 Å². The molecule has 0 saturated carbocycles. The number of hydrogen-bond acceptors (Lipinski definition) is 1. The summed E-state index contributed by atoms with van der Waals surface area (Å²) < 4.78 is 0. The molecule has 86 valence electrons. The van der Waals surface area contributed by atoms with Crippen molar-refractivity contribution in [3.05, 3.63) is 59.1 Å². The second kappa shape index (κ2) is 3.57. The second-order valence-electron chi connectivity index (χ2n) is 4.53. The van der Waals surface area contributed by atoms with E-state index in [-0.39, 0.29) is 0 Å². The van der Waals surface area contributed by atoms with Crippen LogP contribution in [0.25, 0.3) is 27.9 Å². The molecule has 2 heteroatoms. The summed E-state index contributed by atoms with van der Waals surface area (Å²) in [6, 6.07) is 12.7. The van der Waals surface area contributed by atoms with Gasteiger partial charge in [0.15, 0.2) is 0 Å². The van der Waals surface area contributed by atoms with Crippen LogP contribution in [0.2, 0.25) is 0 Å². The number of H-pyrrole nitrogens is 1. The lowest BCUT2D eigenvalue weighted by atomic mass is 10.1. The Labute approximate surface area is 104 Å². The van der Waals surface area contributed by atoms with Gasteiger partial charge in [-0.3, -0.25) is 4.99 Å². The number of hydrogen-bond donors (Lipinski definition) is 1. The molecule has 1 aliphatic rings. The fraction of sp³-hybridized carbons (Fsp3) is 0.0625. The van der Waals surface area contributed by atoms with E-state index in [1.165, 1.54) is 21.5 Å². The highest BCUT2D eigenvalue weighted by Crippen LogP contribution is 2.21. The minimum atomic E-state index is 0.752. The first-order valence-electron chi connectivity index (χ1n) is 6.14. The van der Waals surface area contributed by atoms with E-state index in [1.54, 1.807) is 0 Å². The zero-order valence-corrected chi connectivity index (χ0v) is 9.85. The SMILES string of the molecule is C1=CCN=c2c(ccc3[nH]c4ccccc4c23)=C1. The van der Waals surface area contributed by atoms with Crippen molar-refractivity contribution in [3.63, 3.8) is 0 Å². The van der Waals surface area contributed by atoms with Gasteiger partial charge in [0.25, 0.3) is 0 Å². The molecular weight excluding hydrogens is 220 g/mol. The molecule has 0 bridgehead atoms. The van der Waals surface area contributed by atoms with E-state index in [2.05, 4.69) is 59.6 Å². The first kappa shape index (κ1) is 9.66. The fourth-order valence-electron chi connectivity index (χ4n) is 2.62. The quantitative estimate of drug-likeness (QED) is 0.616. The summed E-state index contributed by atoms with van der Waals surface area (Å²) in [4.78, 5) is 8.15. The molecule has 2 aromatic carbocycles. The Morgan fingerprint density at radius 2 is 1.94 bits per heavy atom. The number of fused-ring (bicyclic) bond motifs is 5. The summed E-state index contributed by atoms with van der Waals surface area (Å²) in [6.07, 6.45) is 6.30. The Hall–Kier alpha value is -2.35. The van der Waals surface area contributed by atoms with Gasteiger partial charge < -0.3 is 4.98 Å². The van der Waals surface area contributed by atoms with E-state index in [0.29, 0.717) is 0 Å². The molecule has 1 aliphatic heterocycles. The maximum absolute atomic E-state index is 4.70. The summed E-state index contributed by atoms with van der Waals surface area (Å²) in [7, 11) is 0. The van der Waals surface area contributed by atoms with Crippen molar-refractivity contribution >= 4 is 27.9 Å². The third-order valence-electron chi connectivity index (χ3n) is 3.44. The van der Waals surface area contributed by atoms with Gasteiger partial charge in [-0.05, 0) is 12.1 Å². The number of benzene rings is 2. The van der Waals surface area contributed by atoms with Crippen LogP contribution in [0.5, 0.6) is 0 Å². The van der Waals surface area contributed by atoms with Gasteiger partial charge in [0.05, 0.1) is 11.9 Å². The van der Waals surface area contributed by atoms with Gasteiger partial charge in [0.2, 0.25) is 0 Å². The lowest BCUT2D eigenvalue weighted by Gasteiger charge is -1.94. The summed E-state index contributed by atoms with van der Waals surface area (Å²) in [5.41, 5.74) is 2.34. The summed E-state index contributed by atoms with van der Waals surface area (Å²) in [6.45, 7) is 0.752. The second-order valence-corrected chi connectivity index (χ2v) is 4.53. The highest BCUT2D eigenvalue weighted by atomic mass is 14.7. The van der Waals surface area contributed by atoms with E-state index in [4.69, 9.17) is 4.99 Å². The molecule has 4 rings (SSSR count). The molecule has 1 N–H and O–H groups in total. The lowest BCUT2D eigenvalue weighted by molar-refractivity contribution is 1.16. The smallest absolute Gasteiger partial charge is 0.0750 e. The zero-order chi connectivity index (χ0) is 11.9. The van der Waals surface area contributed by atoms with Crippen LogP contribution in [0, 0.1) is 0 Å². The first-order valence-corrected chi connectivity index (χ1v) is 6.14. The van der Waals surface area contributed by atoms with E-state index < -0.39 is 0 Å². The monoisotopic (exact) mass is 232 g/mol. The van der Waals surface area contributed by atoms with Gasteiger partial charge in [-0.15, -0.1) is 0 Å². The molecule has 0 radical (unpaired) electrons. The van der Waals surface area contributed by atoms with Crippen LogP contribution in [0.1, 0.15) is 0 Å². The van der Waals surface area contributed by atoms with Crippen LogP contribution in [0.15, 0.2) is 53.5 Å². The van der Waals surface area contributed by atoms with Crippen molar-refractivity contribution in [2.24, 2.45) is 4.99 Å². The molecule has 1 aromatic heterocycles. The van der Waals surface area contributed by atoms with Gasteiger partial charge in [-0.25, -0.2) is 0 Å². The molecule has 0 spiro atoms. The Bertz CT molecular complexity index is 898. The van der Waals surface area contributed by atoms with Gasteiger partial charge in [-0.2, -0.15) is 0 Å². The van der Waals surface area contributed by atoms with Gasteiger partial charge in [0, 0.05) is 27.0 Å².